The number of aliphatic hydroxyl groups is 2. The number of unbranched alkanes of at least 4 members (excludes halogenated alkanes) is 1. The molecule has 4 saturated carbocycles. The number of hydrogen-bond donors (Lipinski definition) is 3. The first-order valence-electron chi connectivity index (χ1n) is 12.9. The number of halogens is 1. The van der Waals surface area contributed by atoms with Crippen molar-refractivity contribution in [2.45, 2.75) is 76.3 Å². The maximum Gasteiger partial charge on any atom is 0.226 e. The minimum Gasteiger partial charge on any atom is -0.515 e. The lowest BCUT2D eigenvalue weighted by atomic mass is 9.53. The fourth-order valence-corrected chi connectivity index (χ4v) is 8.39. The molecule has 6 nitrogen and oxygen atoms in total. The van der Waals surface area contributed by atoms with Crippen LogP contribution in [0.25, 0.3) is 12.5 Å². The van der Waals surface area contributed by atoms with Gasteiger partial charge >= 0.3 is 0 Å². The summed E-state index contributed by atoms with van der Waals surface area (Å²) < 4.78 is 0. The Bertz CT molecular complexity index is 1040. The highest BCUT2D eigenvalue weighted by Gasteiger charge is 2.51. The van der Waals surface area contributed by atoms with Crippen LogP contribution in [0, 0.1) is 17.8 Å². The molecule has 8 heteroatoms. The second-order valence-electron chi connectivity index (χ2n) is 10.9. The Balaban J connectivity index is 0.00000289. The zero-order chi connectivity index (χ0) is 23.7. The van der Waals surface area contributed by atoms with Crippen LogP contribution in [-0.2, 0) is 4.79 Å². The number of carbonyl (C=O) groups is 1. The second kappa shape index (κ2) is 11.0. The van der Waals surface area contributed by atoms with Crippen molar-refractivity contribution in [3.63, 3.8) is 0 Å². The number of rotatable bonds is 7. The highest BCUT2D eigenvalue weighted by molar-refractivity contribution is 8.14. The van der Waals surface area contributed by atoms with E-state index in [0.717, 1.165) is 55.4 Å². The Morgan fingerprint density at radius 1 is 1.14 bits per heavy atom. The van der Waals surface area contributed by atoms with Gasteiger partial charge in [0.1, 0.15) is 0 Å². The number of hydrogen-bond acceptors (Lipinski definition) is 5. The van der Waals surface area contributed by atoms with Gasteiger partial charge in [-0.15, -0.1) is 12.4 Å². The van der Waals surface area contributed by atoms with Crippen molar-refractivity contribution < 1.29 is 15.0 Å². The first kappa shape index (κ1) is 26.2. The average Bonchev–Trinajstić information content (AvgIpc) is 3.16. The van der Waals surface area contributed by atoms with Gasteiger partial charge in [-0.05, 0) is 80.9 Å². The topological polar surface area (TPSA) is 85.2 Å². The molecule has 1 unspecified atom stereocenters. The van der Waals surface area contributed by atoms with Crippen molar-refractivity contribution in [2.24, 2.45) is 22.7 Å². The van der Waals surface area contributed by atoms with Crippen LogP contribution in [0.5, 0.6) is 0 Å². The predicted octanol–water partition coefficient (Wildman–Crippen LogP) is 4.57. The van der Waals surface area contributed by atoms with Gasteiger partial charge in [-0.25, -0.2) is 0 Å². The summed E-state index contributed by atoms with van der Waals surface area (Å²) in [6.45, 7) is 3.17. The molecule has 6 rings (SSSR count). The molecule has 1 saturated heterocycles. The number of amides is 1. The van der Waals surface area contributed by atoms with E-state index in [0.29, 0.717) is 22.5 Å². The number of anilines is 1. The van der Waals surface area contributed by atoms with E-state index in [-0.39, 0.29) is 29.9 Å². The first-order valence-corrected chi connectivity index (χ1v) is 13.9. The second-order valence-corrected chi connectivity index (χ2v) is 11.9. The van der Waals surface area contributed by atoms with Gasteiger partial charge in [-0.3, -0.25) is 9.79 Å². The van der Waals surface area contributed by atoms with Crippen LogP contribution >= 0.6 is 24.2 Å². The normalized spacial score (nSPS) is 33.4. The van der Waals surface area contributed by atoms with Crippen LogP contribution in [0.15, 0.2) is 23.2 Å². The van der Waals surface area contributed by atoms with E-state index in [2.05, 4.69) is 17.1 Å². The summed E-state index contributed by atoms with van der Waals surface area (Å²) in [6.07, 6.45) is 12.6. The molecule has 4 aliphatic carbocycles. The van der Waals surface area contributed by atoms with Gasteiger partial charge in [0, 0.05) is 40.9 Å². The lowest BCUT2D eigenvalue weighted by molar-refractivity contribution is -0.116. The van der Waals surface area contributed by atoms with Crippen molar-refractivity contribution >= 4 is 53.5 Å². The molecule has 0 spiro atoms. The number of amidine groups is 1. The molecule has 3 N–H and O–H groups in total. The summed E-state index contributed by atoms with van der Waals surface area (Å²) in [7, 11) is 0. The minimum absolute atomic E-state index is 0. The highest BCUT2D eigenvalue weighted by Crippen LogP contribution is 2.57. The van der Waals surface area contributed by atoms with Gasteiger partial charge in [0.2, 0.25) is 5.91 Å². The van der Waals surface area contributed by atoms with Crippen LogP contribution in [0.3, 0.4) is 0 Å². The number of benzene rings is 1. The standard InChI is InChI=1S/C27H37N3O3S.ClH/c1-2-3-6-30-24(11-25(33)28-23-5-4-21(15-31)22(10-23)16-32)17-34-26(30)29-27-12-18-7-19(13-27)9-20(8-18)14-27;/h4-5,10,15-16,18-20,24,31-32H,2-3,6-9,11-14,17H2,1H3,(H,28,33);1H. The lowest BCUT2D eigenvalue weighted by Gasteiger charge is -2.55. The van der Waals surface area contributed by atoms with E-state index in [4.69, 9.17) is 4.99 Å². The summed E-state index contributed by atoms with van der Waals surface area (Å²) in [6, 6.07) is 5.23. The molecule has 1 aromatic carbocycles. The number of aliphatic hydroxyl groups excluding tert-OH is 2. The maximum absolute atomic E-state index is 12.9. The number of nitrogens with one attached hydrogen (secondary N) is 1. The van der Waals surface area contributed by atoms with Gasteiger partial charge in [-0.2, -0.15) is 0 Å². The molecular formula is C27H38ClN3O3S. The highest BCUT2D eigenvalue weighted by atomic mass is 35.5. The number of aliphatic imine (C=N–C) groups is 1. The van der Waals surface area contributed by atoms with Gasteiger partial charge in [0.15, 0.2) is 5.17 Å². The number of nitrogens with zero attached hydrogens (tertiary/aromatic N) is 2. The van der Waals surface area contributed by atoms with Crippen LogP contribution in [-0.4, -0.2) is 50.1 Å². The van der Waals surface area contributed by atoms with Crippen molar-refractivity contribution in [3.8, 4) is 0 Å². The van der Waals surface area contributed by atoms with Crippen LogP contribution in [0.1, 0.15) is 64.7 Å². The predicted molar refractivity (Wildman–Crippen MR) is 147 cm³/mol. The number of carbonyl (C=O) groups excluding carboxylic acids is 1. The van der Waals surface area contributed by atoms with Gasteiger partial charge in [0.05, 0.1) is 18.1 Å². The summed E-state index contributed by atoms with van der Waals surface area (Å²) in [4.78, 5) is 20.9. The van der Waals surface area contributed by atoms with E-state index in [1.165, 1.54) is 43.7 Å². The Hall–Kier alpha value is -1.86. The third-order valence-electron chi connectivity index (χ3n) is 8.25. The zero-order valence-corrected chi connectivity index (χ0v) is 22.1. The summed E-state index contributed by atoms with van der Waals surface area (Å²) >= 11 is 1.84. The Morgan fingerprint density at radius 3 is 2.40 bits per heavy atom. The van der Waals surface area contributed by atoms with Crippen molar-refractivity contribution in [3.05, 3.63) is 28.6 Å². The fourth-order valence-electron chi connectivity index (χ4n) is 7.08. The molecule has 4 bridgehead atoms. The molecule has 192 valence electrons. The van der Waals surface area contributed by atoms with Crippen molar-refractivity contribution in [2.75, 3.05) is 17.6 Å². The smallest absolute Gasteiger partial charge is 0.226 e. The van der Waals surface area contributed by atoms with Gasteiger partial charge in [-0.1, -0.05) is 25.1 Å². The molecular weight excluding hydrogens is 482 g/mol. The molecule has 0 radical (unpaired) electrons. The van der Waals surface area contributed by atoms with E-state index >= 15 is 0 Å². The van der Waals surface area contributed by atoms with Crippen LogP contribution in [0.2, 0.25) is 0 Å². The molecule has 1 aliphatic heterocycles. The zero-order valence-electron chi connectivity index (χ0n) is 20.5. The summed E-state index contributed by atoms with van der Waals surface area (Å²) in [5, 5.41) is 23.8. The van der Waals surface area contributed by atoms with E-state index in [1.54, 1.807) is 18.2 Å². The Morgan fingerprint density at radius 2 is 1.80 bits per heavy atom. The monoisotopic (exact) mass is 519 g/mol. The quantitative estimate of drug-likeness (QED) is 0.491. The number of thioether (sulfide) groups is 1. The van der Waals surface area contributed by atoms with Gasteiger partial charge < -0.3 is 20.4 Å². The molecule has 1 heterocycles. The summed E-state index contributed by atoms with van der Waals surface area (Å²) in [5.41, 5.74) is 0.769. The largest absolute Gasteiger partial charge is 0.515 e. The van der Waals surface area contributed by atoms with Crippen molar-refractivity contribution in [1.82, 2.24) is 4.90 Å². The minimum atomic E-state index is -0.0345. The summed E-state index contributed by atoms with van der Waals surface area (Å²) in [5.74, 6) is 3.50. The molecule has 0 aromatic heterocycles. The Kier molecular flexibility index (Phi) is 8.26. The SMILES string of the molecule is CCCCN1C(=NC23CC4CC(CC(C4)C2)C3)SCC1CC(=O)Nc1ccc(=CO)c(=CO)c1.Cl. The maximum atomic E-state index is 12.9. The molecule has 5 aliphatic rings. The lowest BCUT2D eigenvalue weighted by Crippen LogP contribution is -2.50. The molecule has 5 fully saturated rings. The van der Waals surface area contributed by atoms with E-state index < -0.39 is 0 Å². The van der Waals surface area contributed by atoms with E-state index in [9.17, 15) is 15.0 Å². The third-order valence-corrected chi connectivity index (χ3v) is 9.39. The van der Waals surface area contributed by atoms with E-state index in [1.807, 2.05) is 11.8 Å². The van der Waals surface area contributed by atoms with Gasteiger partial charge in [0.25, 0.3) is 0 Å². The molecule has 1 atom stereocenters. The average molecular weight is 520 g/mol. The molecule has 1 amide bonds. The third kappa shape index (κ3) is 5.61. The van der Waals surface area contributed by atoms with Crippen molar-refractivity contribution in [1.29, 1.82) is 0 Å². The molecule has 35 heavy (non-hydrogen) atoms. The Labute approximate surface area is 218 Å². The van der Waals surface area contributed by atoms with Crippen LogP contribution in [0.4, 0.5) is 5.69 Å². The fraction of sp³-hybridized carbons (Fsp3) is 0.630. The van der Waals surface area contributed by atoms with Crippen LogP contribution < -0.4 is 15.8 Å². The first-order chi connectivity index (χ1) is 16.5. The molecule has 1 aromatic rings.